The van der Waals surface area contributed by atoms with Gasteiger partial charge < -0.3 is 10.3 Å². The molecule has 7 heteroatoms. The third-order valence-electron chi connectivity index (χ3n) is 1.51. The summed E-state index contributed by atoms with van der Waals surface area (Å²) in [4.78, 5) is 0. The van der Waals surface area contributed by atoms with E-state index in [0.29, 0.717) is 6.16 Å². The first-order chi connectivity index (χ1) is 6.89. The molecule has 0 aromatic rings. The van der Waals surface area contributed by atoms with Crippen LogP contribution < -0.4 is 11.2 Å². The smallest absolute Gasteiger partial charge is 0.208 e. The molecular weight excluding hydrogens is 233 g/mol. The van der Waals surface area contributed by atoms with Gasteiger partial charge in [-0.05, 0) is 26.1 Å². The van der Waals surface area contributed by atoms with Crippen LogP contribution in [0.4, 0.5) is 0 Å². The molecule has 0 rings (SSSR count). The van der Waals surface area contributed by atoms with Crippen molar-refractivity contribution >= 4 is 30.9 Å². The second-order valence-electron chi connectivity index (χ2n) is 3.26. The Morgan fingerprint density at radius 1 is 1.73 bits per heavy atom. The summed E-state index contributed by atoms with van der Waals surface area (Å²) >= 11 is 4.55. The Hall–Kier alpha value is -0.450. The fraction of sp³-hybridized carbons (Fsp3) is 0.750. The van der Waals surface area contributed by atoms with Crippen LogP contribution >= 0.6 is 19.6 Å². The van der Waals surface area contributed by atoms with Gasteiger partial charge in [0, 0.05) is 12.4 Å². The molecule has 0 aromatic carbocycles. The lowest BCUT2D eigenvalue weighted by Gasteiger charge is -2.17. The quantitative estimate of drug-likeness (QED) is 0.324. The highest BCUT2D eigenvalue weighted by atomic mass is 32.1. The van der Waals surface area contributed by atoms with Gasteiger partial charge in [0.05, 0.1) is 12.3 Å². The van der Waals surface area contributed by atoms with Crippen LogP contribution in [-0.2, 0) is 9.09 Å². The zero-order valence-corrected chi connectivity index (χ0v) is 11.0. The summed E-state index contributed by atoms with van der Waals surface area (Å²) in [7, 11) is -2.59. The normalized spacial score (nSPS) is 15.5. The molecule has 0 saturated heterocycles. The molecule has 3 N–H and O–H groups in total. The molecule has 0 bridgehead atoms. The van der Waals surface area contributed by atoms with Gasteiger partial charge in [0.25, 0.3) is 0 Å². The summed E-state index contributed by atoms with van der Waals surface area (Å²) in [5, 5.41) is 3.80. The number of nitrogens with two attached hydrogens (primary N) is 1. The molecule has 0 aliphatic carbocycles. The monoisotopic (exact) mass is 251 g/mol. The number of nitrogens with one attached hydrogen (secondary N) is 1. The predicted octanol–water partition coefficient (Wildman–Crippen LogP) is 1.53. The van der Waals surface area contributed by atoms with Gasteiger partial charge in [-0.1, -0.05) is 6.92 Å². The third kappa shape index (κ3) is 7.48. The van der Waals surface area contributed by atoms with Gasteiger partial charge in [0.15, 0.2) is 5.11 Å². The van der Waals surface area contributed by atoms with Crippen LogP contribution in [0.15, 0.2) is 5.10 Å². The number of hydrogen-bond donors (Lipinski definition) is 2. The molecular formula is C8H18N3O2PS. The van der Waals surface area contributed by atoms with E-state index in [-0.39, 0.29) is 17.4 Å². The van der Waals surface area contributed by atoms with Crippen molar-refractivity contribution in [3.63, 3.8) is 0 Å². The molecule has 0 aliphatic rings. The maximum Gasteiger partial charge on any atom is 0.208 e. The van der Waals surface area contributed by atoms with Crippen molar-refractivity contribution in [1.82, 2.24) is 5.43 Å². The largest absolute Gasteiger partial charge is 0.375 e. The van der Waals surface area contributed by atoms with Crippen molar-refractivity contribution in [3.05, 3.63) is 0 Å². The standard InChI is InChI=1S/C8H18N3O2PS/c1-4-14(12,13-7(2)3)6-5-10-11-8(9)15/h5,7H,4,6H2,1-3H3,(H3,9,11,15)/b10-5+. The summed E-state index contributed by atoms with van der Waals surface area (Å²) < 4.78 is 17.4. The third-order valence-corrected chi connectivity index (χ3v) is 4.09. The van der Waals surface area contributed by atoms with E-state index in [9.17, 15) is 4.57 Å². The second kappa shape index (κ2) is 6.93. The van der Waals surface area contributed by atoms with E-state index in [2.05, 4.69) is 22.7 Å². The zero-order valence-electron chi connectivity index (χ0n) is 9.27. The van der Waals surface area contributed by atoms with E-state index in [1.54, 1.807) is 0 Å². The molecule has 0 spiro atoms. The van der Waals surface area contributed by atoms with E-state index in [4.69, 9.17) is 10.3 Å². The van der Waals surface area contributed by atoms with Crippen molar-refractivity contribution in [2.75, 3.05) is 12.3 Å². The molecule has 1 unspecified atom stereocenters. The summed E-state index contributed by atoms with van der Waals surface area (Å²) in [5.74, 6) is 0. The molecule has 0 amide bonds. The first-order valence-corrected chi connectivity index (χ1v) is 7.13. The van der Waals surface area contributed by atoms with Crippen LogP contribution in [0.25, 0.3) is 0 Å². The molecule has 15 heavy (non-hydrogen) atoms. The number of thiocarbonyl (C=S) groups is 1. The van der Waals surface area contributed by atoms with E-state index >= 15 is 0 Å². The number of rotatable bonds is 6. The molecule has 0 fully saturated rings. The summed E-state index contributed by atoms with van der Waals surface area (Å²) in [6.07, 6.45) is 2.21. The second-order valence-corrected chi connectivity index (χ2v) is 6.53. The average Bonchev–Trinajstić information content (AvgIpc) is 2.11. The lowest BCUT2D eigenvalue weighted by molar-refractivity contribution is 0.246. The Balaban J connectivity index is 4.15. The van der Waals surface area contributed by atoms with Crippen LogP contribution in [0.3, 0.4) is 0 Å². The van der Waals surface area contributed by atoms with E-state index in [1.807, 2.05) is 20.8 Å². The van der Waals surface area contributed by atoms with E-state index in [0.717, 1.165) is 0 Å². The van der Waals surface area contributed by atoms with Gasteiger partial charge >= 0.3 is 0 Å². The highest BCUT2D eigenvalue weighted by molar-refractivity contribution is 7.80. The maximum atomic E-state index is 12.0. The molecule has 0 radical (unpaired) electrons. The first kappa shape index (κ1) is 14.6. The lowest BCUT2D eigenvalue weighted by Crippen LogP contribution is -2.24. The fourth-order valence-electron chi connectivity index (χ4n) is 0.905. The van der Waals surface area contributed by atoms with Gasteiger partial charge in [0.1, 0.15) is 0 Å². The molecule has 0 heterocycles. The fourth-order valence-corrected chi connectivity index (χ4v) is 2.55. The van der Waals surface area contributed by atoms with Crippen LogP contribution in [0, 0.1) is 0 Å². The van der Waals surface area contributed by atoms with Crippen molar-refractivity contribution in [2.24, 2.45) is 10.8 Å². The number of nitrogens with zero attached hydrogens (tertiary/aromatic N) is 1. The molecule has 0 aromatic heterocycles. The Kier molecular flexibility index (Phi) is 6.72. The minimum Gasteiger partial charge on any atom is -0.375 e. The van der Waals surface area contributed by atoms with Crippen LogP contribution in [0.2, 0.25) is 0 Å². The highest BCUT2D eigenvalue weighted by Gasteiger charge is 2.20. The van der Waals surface area contributed by atoms with Gasteiger partial charge in [-0.3, -0.25) is 9.99 Å². The van der Waals surface area contributed by atoms with Crippen molar-refractivity contribution < 1.29 is 9.09 Å². The maximum absolute atomic E-state index is 12.0. The summed E-state index contributed by atoms with van der Waals surface area (Å²) in [6, 6.07) is 0. The predicted molar refractivity (Wildman–Crippen MR) is 67.6 cm³/mol. The van der Waals surface area contributed by atoms with Gasteiger partial charge in [-0.2, -0.15) is 5.10 Å². The van der Waals surface area contributed by atoms with Crippen LogP contribution in [0.1, 0.15) is 20.8 Å². The minimum atomic E-state index is -2.59. The van der Waals surface area contributed by atoms with Crippen molar-refractivity contribution in [1.29, 1.82) is 0 Å². The lowest BCUT2D eigenvalue weighted by atomic mass is 10.5. The van der Waals surface area contributed by atoms with Crippen LogP contribution in [0.5, 0.6) is 0 Å². The topological polar surface area (TPSA) is 76.7 Å². The molecule has 0 saturated carbocycles. The molecule has 88 valence electrons. The van der Waals surface area contributed by atoms with Gasteiger partial charge in [-0.15, -0.1) is 0 Å². The Labute approximate surface area is 95.9 Å². The molecule has 0 aliphatic heterocycles. The zero-order chi connectivity index (χ0) is 11.9. The summed E-state index contributed by atoms with van der Waals surface area (Å²) in [5.41, 5.74) is 7.56. The highest BCUT2D eigenvalue weighted by Crippen LogP contribution is 2.46. The average molecular weight is 251 g/mol. The van der Waals surface area contributed by atoms with E-state index in [1.165, 1.54) is 6.21 Å². The van der Waals surface area contributed by atoms with Crippen LogP contribution in [-0.4, -0.2) is 29.8 Å². The van der Waals surface area contributed by atoms with Crippen molar-refractivity contribution in [2.45, 2.75) is 26.9 Å². The Morgan fingerprint density at radius 3 is 2.73 bits per heavy atom. The molecule has 5 nitrogen and oxygen atoms in total. The Morgan fingerprint density at radius 2 is 2.33 bits per heavy atom. The van der Waals surface area contributed by atoms with Gasteiger partial charge in [-0.25, -0.2) is 0 Å². The SMILES string of the molecule is CCP(=O)(C/C=N/NC(N)=S)OC(C)C. The molecule has 1 atom stereocenters. The number of hydrazone groups is 1. The number of hydrogen-bond acceptors (Lipinski definition) is 4. The minimum absolute atomic E-state index is 0.0484. The van der Waals surface area contributed by atoms with Crippen molar-refractivity contribution in [3.8, 4) is 0 Å². The summed E-state index contributed by atoms with van der Waals surface area (Å²) in [6.45, 7) is 5.54. The first-order valence-electron chi connectivity index (χ1n) is 4.73. The van der Waals surface area contributed by atoms with Gasteiger partial charge in [0.2, 0.25) is 7.37 Å². The Bertz CT molecular complexity index is 281. The van der Waals surface area contributed by atoms with E-state index < -0.39 is 7.37 Å².